The van der Waals surface area contributed by atoms with E-state index >= 15 is 0 Å². The van der Waals surface area contributed by atoms with Crippen molar-refractivity contribution in [3.8, 4) is 0 Å². The minimum absolute atomic E-state index is 0.0160. The highest BCUT2D eigenvalue weighted by atomic mass is 16.2. The van der Waals surface area contributed by atoms with Gasteiger partial charge in [-0.25, -0.2) is 9.48 Å². The second-order valence-electron chi connectivity index (χ2n) is 3.60. The molecule has 1 heterocycles. The molecule has 7 nitrogen and oxygen atoms in total. The zero-order valence-corrected chi connectivity index (χ0v) is 9.73. The largest absolute Gasteiger partial charge is 0.360 e. The van der Waals surface area contributed by atoms with Crippen LogP contribution in [-0.2, 0) is 14.1 Å². The molecule has 0 radical (unpaired) electrons. The van der Waals surface area contributed by atoms with E-state index in [1.165, 1.54) is 14.1 Å². The van der Waals surface area contributed by atoms with E-state index in [4.69, 9.17) is 5.73 Å². The number of nitrogens with zero attached hydrogens (tertiary/aromatic N) is 3. The summed E-state index contributed by atoms with van der Waals surface area (Å²) >= 11 is 0. The smallest absolute Gasteiger partial charge is 0.346 e. The fourth-order valence-electron chi connectivity index (χ4n) is 1.31. The normalized spacial score (nSPS) is 12.5. The molecule has 1 unspecified atom stereocenters. The third kappa shape index (κ3) is 2.30. The molecule has 0 fully saturated rings. The van der Waals surface area contributed by atoms with Gasteiger partial charge in [-0.2, -0.15) is 0 Å². The first-order valence-electron chi connectivity index (χ1n) is 5.12. The van der Waals surface area contributed by atoms with Crippen LogP contribution in [0.3, 0.4) is 0 Å². The van der Waals surface area contributed by atoms with E-state index in [1.54, 1.807) is 0 Å². The maximum Gasteiger partial charge on any atom is 0.346 e. The summed E-state index contributed by atoms with van der Waals surface area (Å²) in [7, 11) is 2.91. The summed E-state index contributed by atoms with van der Waals surface area (Å²) in [4.78, 5) is 23.1. The van der Waals surface area contributed by atoms with Gasteiger partial charge in [0, 0.05) is 26.7 Å². The van der Waals surface area contributed by atoms with Crippen LogP contribution in [0.25, 0.3) is 0 Å². The van der Waals surface area contributed by atoms with Crippen LogP contribution in [0.4, 0.5) is 5.82 Å². The van der Waals surface area contributed by atoms with Gasteiger partial charge in [-0.05, 0) is 6.42 Å². The van der Waals surface area contributed by atoms with Crippen molar-refractivity contribution in [2.24, 2.45) is 19.8 Å². The first kappa shape index (κ1) is 12.4. The van der Waals surface area contributed by atoms with Crippen molar-refractivity contribution in [1.82, 2.24) is 14.3 Å². The van der Waals surface area contributed by atoms with Crippen LogP contribution in [0.2, 0.25) is 0 Å². The summed E-state index contributed by atoms with van der Waals surface area (Å²) < 4.78 is 2.13. The van der Waals surface area contributed by atoms with E-state index < -0.39 is 11.2 Å². The molecule has 1 aromatic rings. The molecular formula is C9H17N5O2. The molecule has 7 heteroatoms. The molecule has 0 bridgehead atoms. The third-order valence-electron chi connectivity index (χ3n) is 2.44. The SMILES string of the molecule is CCC(CN)Nc1nn(C)c(=O)n(C)c1=O. The molecule has 1 aromatic heterocycles. The summed E-state index contributed by atoms with van der Waals surface area (Å²) in [6, 6.07) is -0.0160. The second kappa shape index (κ2) is 4.93. The Morgan fingerprint density at radius 1 is 1.44 bits per heavy atom. The van der Waals surface area contributed by atoms with Crippen LogP contribution in [0.5, 0.6) is 0 Å². The van der Waals surface area contributed by atoms with Crippen molar-refractivity contribution in [2.45, 2.75) is 19.4 Å². The number of rotatable bonds is 4. The van der Waals surface area contributed by atoms with E-state index in [-0.39, 0.29) is 11.9 Å². The summed E-state index contributed by atoms with van der Waals surface area (Å²) in [6.07, 6.45) is 0.782. The summed E-state index contributed by atoms with van der Waals surface area (Å²) in [5, 5.41) is 6.80. The zero-order chi connectivity index (χ0) is 12.3. The Morgan fingerprint density at radius 3 is 2.56 bits per heavy atom. The molecule has 0 aliphatic rings. The number of anilines is 1. The van der Waals surface area contributed by atoms with E-state index in [0.29, 0.717) is 6.54 Å². The van der Waals surface area contributed by atoms with Gasteiger partial charge in [-0.3, -0.25) is 9.36 Å². The number of hydrogen-bond donors (Lipinski definition) is 2. The van der Waals surface area contributed by atoms with Crippen molar-refractivity contribution in [1.29, 1.82) is 0 Å². The van der Waals surface area contributed by atoms with Gasteiger partial charge < -0.3 is 11.1 Å². The van der Waals surface area contributed by atoms with Gasteiger partial charge in [0.25, 0.3) is 5.56 Å². The Hall–Kier alpha value is -1.63. The molecule has 1 rings (SSSR count). The van der Waals surface area contributed by atoms with Gasteiger partial charge in [-0.1, -0.05) is 6.92 Å². The van der Waals surface area contributed by atoms with Crippen molar-refractivity contribution in [3.05, 3.63) is 20.8 Å². The first-order valence-corrected chi connectivity index (χ1v) is 5.12. The zero-order valence-electron chi connectivity index (χ0n) is 9.73. The monoisotopic (exact) mass is 227 g/mol. The molecule has 0 saturated heterocycles. The molecule has 0 spiro atoms. The highest BCUT2D eigenvalue weighted by Crippen LogP contribution is 1.97. The lowest BCUT2D eigenvalue weighted by Gasteiger charge is -2.15. The maximum atomic E-state index is 11.7. The predicted octanol–water partition coefficient (Wildman–Crippen LogP) is -1.37. The lowest BCUT2D eigenvalue weighted by Crippen LogP contribution is -2.42. The minimum atomic E-state index is -0.448. The van der Waals surface area contributed by atoms with Crippen molar-refractivity contribution in [2.75, 3.05) is 11.9 Å². The Kier molecular flexibility index (Phi) is 3.83. The second-order valence-corrected chi connectivity index (χ2v) is 3.60. The fourth-order valence-corrected chi connectivity index (χ4v) is 1.31. The molecule has 16 heavy (non-hydrogen) atoms. The summed E-state index contributed by atoms with van der Waals surface area (Å²) in [5.74, 6) is 0.155. The predicted molar refractivity (Wildman–Crippen MR) is 61.5 cm³/mol. The number of aryl methyl sites for hydroxylation is 1. The first-order chi connectivity index (χ1) is 7.51. The number of aromatic nitrogens is 3. The molecule has 0 aliphatic carbocycles. The number of hydrogen-bond acceptors (Lipinski definition) is 5. The average Bonchev–Trinajstić information content (AvgIpc) is 2.29. The lowest BCUT2D eigenvalue weighted by molar-refractivity contribution is 0.594. The quantitative estimate of drug-likeness (QED) is 0.661. The molecule has 3 N–H and O–H groups in total. The van der Waals surface area contributed by atoms with Crippen molar-refractivity contribution in [3.63, 3.8) is 0 Å². The van der Waals surface area contributed by atoms with Crippen LogP contribution >= 0.6 is 0 Å². The molecule has 0 aliphatic heterocycles. The minimum Gasteiger partial charge on any atom is -0.360 e. The van der Waals surface area contributed by atoms with Crippen LogP contribution < -0.4 is 22.3 Å². The molecular weight excluding hydrogens is 210 g/mol. The molecule has 90 valence electrons. The Balaban J connectivity index is 3.16. The molecule has 0 amide bonds. The summed E-state index contributed by atoms with van der Waals surface area (Å²) in [6.45, 7) is 2.36. The standard InChI is InChI=1S/C9H17N5O2/c1-4-6(5-10)11-7-8(15)13(2)9(16)14(3)12-7/h6H,4-5,10H2,1-3H3,(H,11,12). The van der Waals surface area contributed by atoms with E-state index in [2.05, 4.69) is 10.4 Å². The number of nitrogens with one attached hydrogen (secondary N) is 1. The molecule has 0 aromatic carbocycles. The van der Waals surface area contributed by atoms with Crippen molar-refractivity contribution >= 4 is 5.82 Å². The van der Waals surface area contributed by atoms with E-state index in [0.717, 1.165) is 15.7 Å². The third-order valence-corrected chi connectivity index (χ3v) is 2.44. The van der Waals surface area contributed by atoms with Gasteiger partial charge in [0.1, 0.15) is 0 Å². The van der Waals surface area contributed by atoms with Crippen LogP contribution in [0.1, 0.15) is 13.3 Å². The highest BCUT2D eigenvalue weighted by Gasteiger charge is 2.11. The lowest BCUT2D eigenvalue weighted by atomic mass is 10.2. The van der Waals surface area contributed by atoms with Crippen LogP contribution in [0, 0.1) is 0 Å². The topological polar surface area (TPSA) is 94.9 Å². The van der Waals surface area contributed by atoms with Crippen molar-refractivity contribution < 1.29 is 0 Å². The highest BCUT2D eigenvalue weighted by molar-refractivity contribution is 5.31. The molecule has 1 atom stereocenters. The average molecular weight is 227 g/mol. The maximum absolute atomic E-state index is 11.7. The van der Waals surface area contributed by atoms with E-state index in [9.17, 15) is 9.59 Å². The van der Waals surface area contributed by atoms with Gasteiger partial charge in [0.05, 0.1) is 0 Å². The molecule has 0 saturated carbocycles. The Morgan fingerprint density at radius 2 is 2.06 bits per heavy atom. The summed E-state index contributed by atoms with van der Waals surface area (Å²) in [5.41, 5.74) is 4.64. The Bertz CT molecular complexity index is 472. The van der Waals surface area contributed by atoms with Gasteiger partial charge in [-0.15, -0.1) is 5.10 Å². The number of nitrogens with two attached hydrogens (primary N) is 1. The fraction of sp³-hybridized carbons (Fsp3) is 0.667. The van der Waals surface area contributed by atoms with Crippen LogP contribution in [0.15, 0.2) is 9.59 Å². The van der Waals surface area contributed by atoms with Gasteiger partial charge >= 0.3 is 5.69 Å². The van der Waals surface area contributed by atoms with Gasteiger partial charge in [0.15, 0.2) is 0 Å². The Labute approximate surface area is 92.9 Å². The van der Waals surface area contributed by atoms with E-state index in [1.807, 2.05) is 6.92 Å². The van der Waals surface area contributed by atoms with Gasteiger partial charge in [0.2, 0.25) is 5.82 Å². The van der Waals surface area contributed by atoms with Crippen LogP contribution in [-0.4, -0.2) is 26.9 Å².